The van der Waals surface area contributed by atoms with Crippen LogP contribution in [0.2, 0.25) is 0 Å². The summed E-state index contributed by atoms with van der Waals surface area (Å²) in [5.74, 6) is -1.06. The van der Waals surface area contributed by atoms with Crippen molar-refractivity contribution in [3.8, 4) is 5.75 Å². The molecule has 2 aromatic carbocycles. The average molecular weight is 575 g/mol. The van der Waals surface area contributed by atoms with Gasteiger partial charge in [0.25, 0.3) is 5.82 Å². The number of carbonyl (C=O) groups is 1. The number of carbonyl (C=O) groups excluding carboxylic acids is 1. The zero-order valence-corrected chi connectivity index (χ0v) is 25.6. The Labute approximate surface area is 270 Å². The van der Waals surface area contributed by atoms with E-state index in [1.54, 1.807) is 12.1 Å². The summed E-state index contributed by atoms with van der Waals surface area (Å²) in [6, 6.07) is 17.4. The molecule has 0 saturated heterocycles. The van der Waals surface area contributed by atoms with Crippen molar-refractivity contribution in [2.75, 3.05) is 18.0 Å². The molecular formula is C25H19F4N5Na2O4. The summed E-state index contributed by atoms with van der Waals surface area (Å²) in [6.45, 7) is 1.21. The van der Waals surface area contributed by atoms with Gasteiger partial charge in [-0.1, -0.05) is 42.5 Å². The first-order valence-corrected chi connectivity index (χ1v) is 11.2. The third-order valence-electron chi connectivity index (χ3n) is 5.58. The minimum Gasteiger partial charge on any atom is -0.652 e. The number of aromatic nitrogens is 4. The van der Waals surface area contributed by atoms with E-state index in [-0.39, 0.29) is 77.1 Å². The monoisotopic (exact) mass is 575 g/mol. The zero-order chi connectivity index (χ0) is 27.3. The third-order valence-corrected chi connectivity index (χ3v) is 5.58. The average Bonchev–Trinajstić information content (AvgIpc) is 3.32. The Morgan fingerprint density at radius 2 is 1.70 bits per heavy atom. The van der Waals surface area contributed by atoms with Crippen molar-refractivity contribution in [3.63, 3.8) is 0 Å². The van der Waals surface area contributed by atoms with Crippen LogP contribution in [-0.4, -0.2) is 39.1 Å². The first-order valence-electron chi connectivity index (χ1n) is 11.2. The number of carboxylic acid groups (broad SMARTS) is 2. The summed E-state index contributed by atoms with van der Waals surface area (Å²) in [5.41, 5.74) is 2.66. The van der Waals surface area contributed by atoms with E-state index in [1.165, 1.54) is 12.1 Å². The molecule has 0 spiro atoms. The van der Waals surface area contributed by atoms with Gasteiger partial charge in [0.15, 0.2) is 17.2 Å². The molecule has 0 bridgehead atoms. The van der Waals surface area contributed by atoms with Crippen LogP contribution in [0.3, 0.4) is 0 Å². The number of halogens is 4. The van der Waals surface area contributed by atoms with Crippen molar-refractivity contribution in [1.82, 2.24) is 19.8 Å². The summed E-state index contributed by atoms with van der Waals surface area (Å²) in [5, 5.41) is 27.5. The maximum absolute atomic E-state index is 14.6. The van der Waals surface area contributed by atoms with Gasteiger partial charge in [0.1, 0.15) is 12.4 Å². The van der Waals surface area contributed by atoms with Gasteiger partial charge in [-0.15, -0.1) is 15.3 Å². The van der Waals surface area contributed by atoms with Crippen LogP contribution >= 0.6 is 0 Å². The van der Waals surface area contributed by atoms with Crippen molar-refractivity contribution in [2.45, 2.75) is 19.2 Å². The van der Waals surface area contributed by atoms with E-state index in [0.29, 0.717) is 29.8 Å². The van der Waals surface area contributed by atoms with E-state index in [4.69, 9.17) is 19.7 Å². The van der Waals surface area contributed by atoms with Crippen LogP contribution in [-0.2, 0) is 12.8 Å². The fourth-order valence-electron chi connectivity index (χ4n) is 3.82. The molecule has 198 valence electrons. The second kappa shape index (κ2) is 14.8. The Balaban J connectivity index is 0.000000877. The van der Waals surface area contributed by atoms with Gasteiger partial charge in [-0.2, -0.15) is 17.7 Å². The Morgan fingerprint density at radius 1 is 1.00 bits per heavy atom. The summed E-state index contributed by atoms with van der Waals surface area (Å²) in [6.07, 6.45) is -4.48. The zero-order valence-electron chi connectivity index (χ0n) is 21.6. The first-order chi connectivity index (χ1) is 18.1. The summed E-state index contributed by atoms with van der Waals surface area (Å²) in [4.78, 5) is 10.2. The predicted octanol–water partition coefficient (Wildman–Crippen LogP) is -3.28. The molecule has 4 aromatic rings. The van der Waals surface area contributed by atoms with Crippen molar-refractivity contribution >= 4 is 23.2 Å². The molecule has 5 rings (SSSR count). The molecule has 15 heteroatoms. The molecule has 0 N–H and O–H groups in total. The number of hydrogen-bond donors (Lipinski definition) is 0. The van der Waals surface area contributed by atoms with Crippen LogP contribution in [0.1, 0.15) is 23.4 Å². The second-order valence-corrected chi connectivity index (χ2v) is 8.08. The number of fused-ring (bicyclic) bond motifs is 1. The van der Waals surface area contributed by atoms with E-state index in [9.17, 15) is 17.6 Å². The largest absolute Gasteiger partial charge is 1.00 e. The van der Waals surface area contributed by atoms with E-state index in [0.717, 1.165) is 16.7 Å². The maximum atomic E-state index is 14.6. The summed E-state index contributed by atoms with van der Waals surface area (Å²) >= 11 is 0. The number of benzene rings is 2. The van der Waals surface area contributed by atoms with Crippen molar-refractivity contribution in [1.29, 1.82) is 0 Å². The van der Waals surface area contributed by atoms with Crippen molar-refractivity contribution in [2.24, 2.45) is 0 Å². The first kappa shape index (κ1) is 33.5. The normalized spacial score (nSPS) is 12.8. The molecule has 1 aliphatic rings. The molecule has 3 heterocycles. The second-order valence-electron chi connectivity index (χ2n) is 8.08. The molecule has 0 saturated carbocycles. The predicted molar refractivity (Wildman–Crippen MR) is 123 cm³/mol. The molecule has 0 unspecified atom stereocenters. The number of rotatable bonds is 5. The molecule has 1 aliphatic heterocycles. The van der Waals surface area contributed by atoms with Crippen LogP contribution in [0.15, 0.2) is 66.7 Å². The van der Waals surface area contributed by atoms with Gasteiger partial charge in [0.2, 0.25) is 0 Å². The molecule has 0 atom stereocenters. The molecule has 0 aliphatic carbocycles. The maximum Gasteiger partial charge on any atom is 1.00 e. The van der Waals surface area contributed by atoms with Crippen LogP contribution in [0.25, 0.3) is 11.2 Å². The van der Waals surface area contributed by atoms with E-state index < -0.39 is 24.0 Å². The number of hydrogen-bond acceptors (Lipinski definition) is 8. The van der Waals surface area contributed by atoms with Gasteiger partial charge in [0.05, 0.1) is 0 Å². The Kier molecular flexibility index (Phi) is 12.4. The number of anilines is 1. The van der Waals surface area contributed by atoms with Gasteiger partial charge in [-0.05, 0) is 53.5 Å². The summed E-state index contributed by atoms with van der Waals surface area (Å²) < 4.78 is 60.3. The fraction of sp³-hybridized carbons (Fsp3) is 0.200. The molecule has 0 fully saturated rings. The van der Waals surface area contributed by atoms with Gasteiger partial charge >= 0.3 is 65.3 Å². The summed E-state index contributed by atoms with van der Waals surface area (Å²) in [7, 11) is 0. The topological polar surface area (TPSA) is 119 Å². The fourth-order valence-corrected chi connectivity index (χ4v) is 3.82. The van der Waals surface area contributed by atoms with Crippen LogP contribution < -0.4 is 79.0 Å². The van der Waals surface area contributed by atoms with Crippen molar-refractivity contribution < 1.29 is 96.4 Å². The molecule has 0 radical (unpaired) electrons. The Morgan fingerprint density at radius 3 is 2.30 bits per heavy atom. The van der Waals surface area contributed by atoms with E-state index in [1.807, 2.05) is 47.4 Å². The molecular weight excluding hydrogens is 556 g/mol. The molecule has 9 nitrogen and oxygen atoms in total. The number of nitrogens with zero attached hydrogens (tertiary/aromatic N) is 5. The quantitative estimate of drug-likeness (QED) is 0.180. The van der Waals surface area contributed by atoms with Crippen molar-refractivity contribution in [3.05, 3.63) is 89.5 Å². The molecule has 2 aromatic heterocycles. The van der Waals surface area contributed by atoms with Gasteiger partial charge in [0, 0.05) is 13.1 Å². The van der Waals surface area contributed by atoms with Crippen LogP contribution in [0.5, 0.6) is 5.75 Å². The smallest absolute Gasteiger partial charge is 0.652 e. The Bertz CT molecular complexity index is 1460. The molecule has 0 amide bonds. The minimum absolute atomic E-state index is 0. The van der Waals surface area contributed by atoms with Gasteiger partial charge < -0.3 is 24.6 Å². The van der Waals surface area contributed by atoms with Gasteiger partial charge in [-0.3, -0.25) is 0 Å². The minimum atomic E-state index is -4.65. The number of alkyl halides is 3. The molecule has 40 heavy (non-hydrogen) atoms. The van der Waals surface area contributed by atoms with E-state index in [2.05, 4.69) is 15.3 Å². The van der Waals surface area contributed by atoms with E-state index >= 15 is 0 Å². The Hall–Kier alpha value is -2.68. The standard InChI is InChI=1S/C24H19F4N5O.CH2O3.2Na/c25-19-14-18(6-7-20(19)34-15-16-4-2-1-3-5-16)17-10-12-32(13-11-17)22-9-8-21-29-30-23(24(26,27)28)33(21)31-22;2-1(3)4;;/h1-10,14H,11-13,15H2;(H2,2,3,4);;/q;;2*+1/p-2. The number of ether oxygens (including phenoxy) is 1. The van der Waals surface area contributed by atoms with Crippen LogP contribution in [0.4, 0.5) is 28.2 Å². The van der Waals surface area contributed by atoms with Gasteiger partial charge in [-0.25, -0.2) is 4.39 Å². The van der Waals surface area contributed by atoms with Crippen LogP contribution in [0, 0.1) is 5.82 Å². The SMILES string of the molecule is Fc1cc(C2=CCN(c3ccc4nnc(C(F)(F)F)n4n3)CC2)ccc1OCc1ccccc1.O=C([O-])[O-].[Na+].[Na+]. The third kappa shape index (κ3) is 8.66.